The number of benzene rings is 1. The van der Waals surface area contributed by atoms with Crippen molar-refractivity contribution in [2.75, 3.05) is 7.05 Å². The molecule has 110 valence electrons. The Labute approximate surface area is 131 Å². The van der Waals surface area contributed by atoms with E-state index in [4.69, 9.17) is 23.2 Å². The van der Waals surface area contributed by atoms with Gasteiger partial charge in [-0.3, -0.25) is 4.90 Å². The monoisotopic (exact) mass is 312 g/mol. The second-order valence-corrected chi connectivity index (χ2v) is 6.97. The second kappa shape index (κ2) is 5.84. The topological polar surface area (TPSA) is 15.3 Å². The van der Waals surface area contributed by atoms with E-state index in [0.717, 1.165) is 5.02 Å². The van der Waals surface area contributed by atoms with Gasteiger partial charge in [-0.1, -0.05) is 29.3 Å². The van der Waals surface area contributed by atoms with Crippen LogP contribution in [0.15, 0.2) is 18.2 Å². The molecule has 0 radical (unpaired) electrons. The maximum atomic E-state index is 6.39. The summed E-state index contributed by atoms with van der Waals surface area (Å²) in [6, 6.07) is 8.31. The van der Waals surface area contributed by atoms with Crippen molar-refractivity contribution in [3.63, 3.8) is 0 Å². The van der Waals surface area contributed by atoms with Gasteiger partial charge in [0.1, 0.15) is 0 Å². The van der Waals surface area contributed by atoms with Crippen LogP contribution in [-0.4, -0.2) is 30.1 Å². The van der Waals surface area contributed by atoms with Gasteiger partial charge in [-0.2, -0.15) is 0 Å². The van der Waals surface area contributed by atoms with E-state index in [1.165, 1.54) is 31.2 Å². The van der Waals surface area contributed by atoms with Crippen LogP contribution in [0.4, 0.5) is 0 Å². The molecule has 3 unspecified atom stereocenters. The first-order chi connectivity index (χ1) is 9.60. The van der Waals surface area contributed by atoms with E-state index in [9.17, 15) is 0 Å². The van der Waals surface area contributed by atoms with Gasteiger partial charge in [0.05, 0.1) is 0 Å². The van der Waals surface area contributed by atoms with Crippen molar-refractivity contribution >= 4 is 23.2 Å². The largest absolute Gasteiger partial charge is 0.317 e. The summed E-state index contributed by atoms with van der Waals surface area (Å²) in [5.41, 5.74) is 1.20. The first-order valence-electron chi connectivity index (χ1n) is 7.49. The van der Waals surface area contributed by atoms with Crippen molar-refractivity contribution in [3.8, 4) is 0 Å². The smallest absolute Gasteiger partial charge is 0.0468 e. The first kappa shape index (κ1) is 14.6. The Morgan fingerprint density at radius 3 is 2.40 bits per heavy atom. The predicted octanol–water partition coefficient (Wildman–Crippen LogP) is 4.27. The van der Waals surface area contributed by atoms with Crippen LogP contribution < -0.4 is 5.32 Å². The highest BCUT2D eigenvalue weighted by Crippen LogP contribution is 2.42. The molecule has 2 saturated heterocycles. The zero-order valence-corrected chi connectivity index (χ0v) is 13.6. The third-order valence-corrected chi connectivity index (χ3v) is 5.62. The SMILES string of the molecule is CNC1CC2CCC(C1)N2C(C)c1ccc(Cl)cc1Cl. The van der Waals surface area contributed by atoms with Gasteiger partial charge in [0, 0.05) is 34.2 Å². The Balaban J connectivity index is 1.83. The van der Waals surface area contributed by atoms with Gasteiger partial charge < -0.3 is 5.32 Å². The zero-order chi connectivity index (χ0) is 14.3. The zero-order valence-electron chi connectivity index (χ0n) is 12.1. The first-order valence-corrected chi connectivity index (χ1v) is 8.25. The van der Waals surface area contributed by atoms with Crippen molar-refractivity contribution in [2.24, 2.45) is 0 Å². The minimum atomic E-state index is 0.370. The van der Waals surface area contributed by atoms with Crippen molar-refractivity contribution in [3.05, 3.63) is 33.8 Å². The molecule has 0 spiro atoms. The van der Waals surface area contributed by atoms with Gasteiger partial charge in [0.15, 0.2) is 0 Å². The van der Waals surface area contributed by atoms with E-state index in [-0.39, 0.29) is 0 Å². The number of hydrogen-bond acceptors (Lipinski definition) is 2. The van der Waals surface area contributed by atoms with Gasteiger partial charge in [-0.05, 0) is 57.4 Å². The molecule has 2 nitrogen and oxygen atoms in total. The molecule has 2 aliphatic heterocycles. The maximum absolute atomic E-state index is 6.39. The molecule has 0 amide bonds. The molecule has 1 aromatic rings. The molecule has 0 aliphatic carbocycles. The molecular formula is C16H22Cl2N2. The molecule has 4 heteroatoms. The van der Waals surface area contributed by atoms with Crippen LogP contribution in [0.1, 0.15) is 44.2 Å². The molecule has 0 aromatic heterocycles. The van der Waals surface area contributed by atoms with Crippen LogP contribution in [-0.2, 0) is 0 Å². The van der Waals surface area contributed by atoms with Gasteiger partial charge in [-0.15, -0.1) is 0 Å². The van der Waals surface area contributed by atoms with Gasteiger partial charge in [0.2, 0.25) is 0 Å². The second-order valence-electron chi connectivity index (χ2n) is 6.13. The standard InChI is InChI=1S/C16H22Cl2N2/c1-10(15-6-3-11(17)7-16(15)18)20-13-4-5-14(20)9-12(8-13)19-2/h3,6-7,10,12-14,19H,4-5,8-9H2,1-2H3. The Morgan fingerprint density at radius 1 is 1.20 bits per heavy atom. The van der Waals surface area contributed by atoms with Crippen LogP contribution in [0.25, 0.3) is 0 Å². The molecule has 0 saturated carbocycles. The average molecular weight is 313 g/mol. The van der Waals surface area contributed by atoms with E-state index in [0.29, 0.717) is 29.2 Å². The summed E-state index contributed by atoms with van der Waals surface area (Å²) >= 11 is 12.4. The minimum absolute atomic E-state index is 0.370. The fourth-order valence-corrected chi connectivity index (χ4v) is 4.65. The Kier molecular flexibility index (Phi) is 4.28. The van der Waals surface area contributed by atoms with E-state index in [2.05, 4.69) is 30.3 Å². The fraction of sp³-hybridized carbons (Fsp3) is 0.625. The number of halogens is 2. The van der Waals surface area contributed by atoms with E-state index >= 15 is 0 Å². The van der Waals surface area contributed by atoms with Gasteiger partial charge in [-0.25, -0.2) is 0 Å². The van der Waals surface area contributed by atoms with Crippen molar-refractivity contribution in [2.45, 2.75) is 56.8 Å². The van der Waals surface area contributed by atoms with Crippen LogP contribution in [0.5, 0.6) is 0 Å². The molecule has 2 heterocycles. The van der Waals surface area contributed by atoms with Crippen LogP contribution in [0.3, 0.4) is 0 Å². The summed E-state index contributed by atoms with van der Waals surface area (Å²) < 4.78 is 0. The molecule has 3 rings (SSSR count). The Bertz CT molecular complexity index is 477. The summed E-state index contributed by atoms with van der Waals surface area (Å²) in [6.45, 7) is 2.28. The molecule has 2 aliphatic rings. The maximum Gasteiger partial charge on any atom is 0.0468 e. The summed E-state index contributed by atoms with van der Waals surface area (Å²) in [4.78, 5) is 2.68. The lowest BCUT2D eigenvalue weighted by Gasteiger charge is -2.42. The lowest BCUT2D eigenvalue weighted by molar-refractivity contribution is 0.0789. The lowest BCUT2D eigenvalue weighted by atomic mass is 9.94. The summed E-state index contributed by atoms with van der Waals surface area (Å²) in [5.74, 6) is 0. The molecular weight excluding hydrogens is 291 g/mol. The quantitative estimate of drug-likeness (QED) is 0.896. The van der Waals surface area contributed by atoms with E-state index in [1.54, 1.807) is 0 Å². The Morgan fingerprint density at radius 2 is 1.85 bits per heavy atom. The summed E-state index contributed by atoms with van der Waals surface area (Å²) in [5, 5.41) is 4.96. The number of rotatable bonds is 3. The van der Waals surface area contributed by atoms with Gasteiger partial charge in [0.25, 0.3) is 0 Å². The van der Waals surface area contributed by atoms with Crippen LogP contribution in [0, 0.1) is 0 Å². The molecule has 20 heavy (non-hydrogen) atoms. The minimum Gasteiger partial charge on any atom is -0.317 e. The molecule has 1 aromatic carbocycles. The van der Waals surface area contributed by atoms with Gasteiger partial charge >= 0.3 is 0 Å². The van der Waals surface area contributed by atoms with E-state index in [1.807, 2.05) is 12.1 Å². The third-order valence-electron chi connectivity index (χ3n) is 5.06. The van der Waals surface area contributed by atoms with E-state index < -0.39 is 0 Å². The number of piperidine rings is 1. The van der Waals surface area contributed by atoms with Crippen molar-refractivity contribution in [1.29, 1.82) is 0 Å². The normalized spacial score (nSPS) is 31.5. The highest BCUT2D eigenvalue weighted by molar-refractivity contribution is 6.35. The molecule has 2 fully saturated rings. The van der Waals surface area contributed by atoms with Crippen LogP contribution >= 0.6 is 23.2 Å². The molecule has 2 bridgehead atoms. The molecule has 1 N–H and O–H groups in total. The predicted molar refractivity (Wildman–Crippen MR) is 85.6 cm³/mol. The number of nitrogens with zero attached hydrogens (tertiary/aromatic N) is 1. The highest BCUT2D eigenvalue weighted by Gasteiger charge is 2.42. The molecule has 3 atom stereocenters. The number of fused-ring (bicyclic) bond motifs is 2. The lowest BCUT2D eigenvalue weighted by Crippen LogP contribution is -2.49. The fourth-order valence-electron chi connectivity index (χ4n) is 4.08. The number of hydrogen-bond donors (Lipinski definition) is 1. The van der Waals surface area contributed by atoms with Crippen molar-refractivity contribution in [1.82, 2.24) is 10.2 Å². The summed E-state index contributed by atoms with van der Waals surface area (Å²) in [6.07, 6.45) is 5.14. The summed E-state index contributed by atoms with van der Waals surface area (Å²) in [7, 11) is 2.08. The van der Waals surface area contributed by atoms with Crippen LogP contribution in [0.2, 0.25) is 10.0 Å². The average Bonchev–Trinajstić information content (AvgIpc) is 2.68. The highest BCUT2D eigenvalue weighted by atomic mass is 35.5. The third kappa shape index (κ3) is 2.59. The number of nitrogens with one attached hydrogen (secondary N) is 1. The van der Waals surface area contributed by atoms with Crippen molar-refractivity contribution < 1.29 is 0 Å². The Hall–Kier alpha value is -0.280.